The van der Waals surface area contributed by atoms with E-state index in [0.717, 1.165) is 5.56 Å². The minimum atomic E-state index is -2.93. The van der Waals surface area contributed by atoms with Gasteiger partial charge in [0.25, 0.3) is 0 Å². The number of nitrogens with zero attached hydrogens (tertiary/aromatic N) is 2. The molecule has 0 bridgehead atoms. The lowest BCUT2D eigenvalue weighted by Crippen LogP contribution is -2.42. The van der Waals surface area contributed by atoms with Crippen molar-refractivity contribution in [3.63, 3.8) is 0 Å². The summed E-state index contributed by atoms with van der Waals surface area (Å²) in [6, 6.07) is 6.35. The van der Waals surface area contributed by atoms with Crippen LogP contribution in [0.2, 0.25) is 0 Å². The van der Waals surface area contributed by atoms with Crippen LogP contribution >= 0.6 is 0 Å². The number of carbonyl (C=O) groups is 1. The van der Waals surface area contributed by atoms with Gasteiger partial charge in [0.2, 0.25) is 5.91 Å². The smallest absolute Gasteiger partial charge is 0.224 e. The highest BCUT2D eigenvalue weighted by molar-refractivity contribution is 7.91. The Morgan fingerprint density at radius 1 is 1.39 bits per heavy atom. The van der Waals surface area contributed by atoms with Crippen molar-refractivity contribution < 1.29 is 17.6 Å². The van der Waals surface area contributed by atoms with Crippen LogP contribution in [-0.2, 0) is 14.6 Å². The van der Waals surface area contributed by atoms with Crippen LogP contribution in [0.4, 0.5) is 4.39 Å². The molecule has 0 radical (unpaired) electrons. The third-order valence-corrected chi connectivity index (χ3v) is 6.51. The Kier molecular flexibility index (Phi) is 4.42. The zero-order valence-corrected chi connectivity index (χ0v) is 13.9. The van der Waals surface area contributed by atoms with Crippen molar-refractivity contribution in [3.8, 4) is 0 Å². The summed E-state index contributed by atoms with van der Waals surface area (Å²) in [6.45, 7) is 0.969. The Hall–Kier alpha value is -1.47. The van der Waals surface area contributed by atoms with Crippen LogP contribution in [0.3, 0.4) is 0 Å². The second-order valence-electron chi connectivity index (χ2n) is 6.53. The van der Waals surface area contributed by atoms with E-state index in [0.29, 0.717) is 26.1 Å². The molecule has 23 heavy (non-hydrogen) atoms. The van der Waals surface area contributed by atoms with Crippen LogP contribution in [0.1, 0.15) is 24.3 Å². The second kappa shape index (κ2) is 6.20. The number of hydrogen-bond acceptors (Lipinski definition) is 4. The van der Waals surface area contributed by atoms with Gasteiger partial charge in [0, 0.05) is 24.9 Å². The van der Waals surface area contributed by atoms with Crippen molar-refractivity contribution in [2.75, 3.05) is 31.8 Å². The van der Waals surface area contributed by atoms with E-state index in [1.54, 1.807) is 11.0 Å². The average molecular weight is 340 g/mol. The summed E-state index contributed by atoms with van der Waals surface area (Å²) in [6.07, 6.45) is 0.994. The van der Waals surface area contributed by atoms with Crippen LogP contribution in [0.5, 0.6) is 0 Å². The number of hydrogen-bond donors (Lipinski definition) is 0. The Bertz CT molecular complexity index is 707. The standard InChI is InChI=1S/C16H21FN2O3S/c1-18(15-5-6-23(21,22)10-15)11-19-9-13(8-16(19)20)12-3-2-4-14(17)7-12/h2-4,7,13,15H,5-6,8-11H2,1H3/t13-,15+/m1/s1. The summed E-state index contributed by atoms with van der Waals surface area (Å²) < 4.78 is 36.5. The predicted molar refractivity (Wildman–Crippen MR) is 85.2 cm³/mol. The highest BCUT2D eigenvalue weighted by Gasteiger charge is 2.35. The number of carbonyl (C=O) groups excluding carboxylic acids is 1. The minimum Gasteiger partial charge on any atom is -0.329 e. The molecule has 3 rings (SSSR count). The van der Waals surface area contributed by atoms with E-state index in [2.05, 4.69) is 0 Å². The number of benzene rings is 1. The third-order valence-electron chi connectivity index (χ3n) is 4.76. The summed E-state index contributed by atoms with van der Waals surface area (Å²) in [5, 5.41) is 0. The summed E-state index contributed by atoms with van der Waals surface area (Å²) in [4.78, 5) is 15.9. The monoisotopic (exact) mass is 340 g/mol. The lowest BCUT2D eigenvalue weighted by molar-refractivity contribution is -0.129. The maximum Gasteiger partial charge on any atom is 0.224 e. The van der Waals surface area contributed by atoms with E-state index < -0.39 is 9.84 Å². The largest absolute Gasteiger partial charge is 0.329 e. The van der Waals surface area contributed by atoms with Crippen molar-refractivity contribution >= 4 is 15.7 Å². The molecule has 7 heteroatoms. The first-order valence-corrected chi connectivity index (χ1v) is 9.60. The fraction of sp³-hybridized carbons (Fsp3) is 0.562. The van der Waals surface area contributed by atoms with Crippen LogP contribution in [0, 0.1) is 5.82 Å². The van der Waals surface area contributed by atoms with Gasteiger partial charge in [0.1, 0.15) is 5.82 Å². The molecular weight excluding hydrogens is 319 g/mol. The van der Waals surface area contributed by atoms with Gasteiger partial charge in [-0.15, -0.1) is 0 Å². The van der Waals surface area contributed by atoms with Gasteiger partial charge in [-0.1, -0.05) is 12.1 Å². The first-order chi connectivity index (χ1) is 10.8. The molecule has 0 aromatic heterocycles. The number of amides is 1. The van der Waals surface area contributed by atoms with Crippen LogP contribution in [-0.4, -0.2) is 61.9 Å². The molecule has 2 atom stereocenters. The number of halogens is 1. The Morgan fingerprint density at radius 2 is 2.17 bits per heavy atom. The lowest BCUT2D eigenvalue weighted by atomic mass is 9.98. The first kappa shape index (κ1) is 16.4. The molecule has 1 aromatic carbocycles. The zero-order chi connectivity index (χ0) is 16.6. The molecule has 0 aliphatic carbocycles. The van der Waals surface area contributed by atoms with Crippen LogP contribution < -0.4 is 0 Å². The molecule has 0 saturated carbocycles. The van der Waals surface area contributed by atoms with Gasteiger partial charge in [0.05, 0.1) is 18.2 Å². The van der Waals surface area contributed by atoms with Crippen LogP contribution in [0.25, 0.3) is 0 Å². The number of rotatable bonds is 4. The molecular formula is C16H21FN2O3S. The zero-order valence-electron chi connectivity index (χ0n) is 13.1. The Morgan fingerprint density at radius 3 is 2.83 bits per heavy atom. The van der Waals surface area contributed by atoms with Gasteiger partial charge in [-0.05, 0) is 31.2 Å². The summed E-state index contributed by atoms with van der Waals surface area (Å²) >= 11 is 0. The summed E-state index contributed by atoms with van der Waals surface area (Å²) in [5.74, 6) is 0.133. The van der Waals surface area contributed by atoms with Gasteiger partial charge >= 0.3 is 0 Å². The molecule has 1 amide bonds. The van der Waals surface area contributed by atoms with Gasteiger partial charge in [-0.3, -0.25) is 9.69 Å². The highest BCUT2D eigenvalue weighted by Crippen LogP contribution is 2.29. The van der Waals surface area contributed by atoms with Gasteiger partial charge in [0.15, 0.2) is 9.84 Å². The SMILES string of the molecule is CN(CN1C[C@H](c2cccc(F)c2)CC1=O)[C@H]1CCS(=O)(=O)C1. The van der Waals surface area contributed by atoms with E-state index >= 15 is 0 Å². The molecule has 126 valence electrons. The van der Waals surface area contributed by atoms with Gasteiger partial charge in [-0.25, -0.2) is 12.8 Å². The number of likely N-dealkylation sites (tertiary alicyclic amines) is 1. The molecule has 2 saturated heterocycles. The Balaban J connectivity index is 1.62. The third kappa shape index (κ3) is 3.72. The topological polar surface area (TPSA) is 57.7 Å². The molecule has 2 fully saturated rings. The molecule has 2 aliphatic rings. The average Bonchev–Trinajstić information content (AvgIpc) is 3.02. The van der Waals surface area contributed by atoms with E-state index in [9.17, 15) is 17.6 Å². The fourth-order valence-corrected chi connectivity index (χ4v) is 5.21. The van der Waals surface area contributed by atoms with Crippen molar-refractivity contribution in [2.45, 2.75) is 24.8 Å². The lowest BCUT2D eigenvalue weighted by Gasteiger charge is -2.28. The van der Waals surface area contributed by atoms with E-state index in [1.807, 2.05) is 18.0 Å². The Labute approximate surface area is 136 Å². The van der Waals surface area contributed by atoms with Crippen molar-refractivity contribution in [2.24, 2.45) is 0 Å². The predicted octanol–water partition coefficient (Wildman–Crippen LogP) is 1.22. The van der Waals surface area contributed by atoms with Crippen molar-refractivity contribution in [3.05, 3.63) is 35.6 Å². The maximum atomic E-state index is 13.3. The van der Waals surface area contributed by atoms with Gasteiger partial charge in [-0.2, -0.15) is 0 Å². The van der Waals surface area contributed by atoms with Gasteiger partial charge < -0.3 is 4.90 Å². The molecule has 2 heterocycles. The molecule has 0 unspecified atom stereocenters. The molecule has 5 nitrogen and oxygen atoms in total. The van der Waals surface area contributed by atoms with Crippen LogP contribution in [0.15, 0.2) is 24.3 Å². The maximum absolute atomic E-state index is 13.3. The molecule has 0 N–H and O–H groups in total. The molecule has 0 spiro atoms. The van der Waals surface area contributed by atoms with E-state index in [1.165, 1.54) is 12.1 Å². The quantitative estimate of drug-likeness (QED) is 0.827. The molecule has 1 aromatic rings. The minimum absolute atomic E-state index is 0.00101. The molecule has 2 aliphatic heterocycles. The summed E-state index contributed by atoms with van der Waals surface area (Å²) in [5.41, 5.74) is 0.840. The normalized spacial score (nSPS) is 27.1. The van der Waals surface area contributed by atoms with E-state index in [-0.39, 0.29) is 35.2 Å². The second-order valence-corrected chi connectivity index (χ2v) is 8.76. The first-order valence-electron chi connectivity index (χ1n) is 7.78. The van der Waals surface area contributed by atoms with Crippen molar-refractivity contribution in [1.29, 1.82) is 0 Å². The number of sulfone groups is 1. The summed E-state index contributed by atoms with van der Waals surface area (Å²) in [7, 11) is -1.08. The van der Waals surface area contributed by atoms with E-state index in [4.69, 9.17) is 0 Å². The highest BCUT2D eigenvalue weighted by atomic mass is 32.2. The fourth-order valence-electron chi connectivity index (χ4n) is 3.40. The van der Waals surface area contributed by atoms with Crippen molar-refractivity contribution in [1.82, 2.24) is 9.80 Å².